The summed E-state index contributed by atoms with van der Waals surface area (Å²) in [6, 6.07) is 15.8. The van der Waals surface area contributed by atoms with Crippen molar-refractivity contribution in [2.75, 3.05) is 0 Å². The van der Waals surface area contributed by atoms with E-state index >= 15 is 0 Å². The van der Waals surface area contributed by atoms with Crippen LogP contribution in [0.5, 0.6) is 0 Å². The quantitative estimate of drug-likeness (QED) is 0.316. The van der Waals surface area contributed by atoms with Gasteiger partial charge in [0.1, 0.15) is 16.9 Å². The standard InChI is InChI=1S/C28H29N5O2/c1-17-13-18(2)30-26-25(17)31-19(3)32(26)16-20-10-11-23-21(14-20)15-24(22-9-7-8-12-29-22)33(23)27(34)35-28(4,5)6/h7-15H,16H2,1-6H3. The average molecular weight is 468 g/mol. The van der Waals surface area contributed by atoms with Crippen molar-refractivity contribution in [1.29, 1.82) is 0 Å². The van der Waals surface area contributed by atoms with E-state index in [0.717, 1.165) is 44.7 Å². The van der Waals surface area contributed by atoms with Gasteiger partial charge in [-0.2, -0.15) is 0 Å². The van der Waals surface area contributed by atoms with Crippen LogP contribution in [0.15, 0.2) is 54.7 Å². The zero-order chi connectivity index (χ0) is 24.9. The molecule has 5 rings (SSSR count). The number of hydrogen-bond donors (Lipinski definition) is 0. The van der Waals surface area contributed by atoms with E-state index in [-0.39, 0.29) is 0 Å². The molecule has 0 bridgehead atoms. The Hall–Kier alpha value is -4.00. The first kappa shape index (κ1) is 22.8. The second-order valence-electron chi connectivity index (χ2n) is 9.95. The first-order valence-electron chi connectivity index (χ1n) is 11.7. The van der Waals surface area contributed by atoms with Gasteiger partial charge < -0.3 is 9.30 Å². The molecular formula is C28H29N5O2. The van der Waals surface area contributed by atoms with Crippen LogP contribution in [0.3, 0.4) is 0 Å². The predicted molar refractivity (Wildman–Crippen MR) is 138 cm³/mol. The number of benzene rings is 1. The van der Waals surface area contributed by atoms with Gasteiger partial charge in [0.05, 0.1) is 23.4 Å². The van der Waals surface area contributed by atoms with E-state index in [1.54, 1.807) is 10.8 Å². The van der Waals surface area contributed by atoms with Crippen LogP contribution in [0.4, 0.5) is 4.79 Å². The monoisotopic (exact) mass is 467 g/mol. The smallest absolute Gasteiger partial charge is 0.419 e. The summed E-state index contributed by atoms with van der Waals surface area (Å²) in [5, 5.41) is 0.941. The molecule has 0 amide bonds. The Morgan fingerprint density at radius 2 is 1.80 bits per heavy atom. The summed E-state index contributed by atoms with van der Waals surface area (Å²) in [7, 11) is 0. The van der Waals surface area contributed by atoms with Crippen molar-refractivity contribution in [3.8, 4) is 11.4 Å². The van der Waals surface area contributed by atoms with E-state index in [4.69, 9.17) is 14.7 Å². The average Bonchev–Trinajstić information content (AvgIpc) is 3.31. The Balaban J connectivity index is 1.62. The van der Waals surface area contributed by atoms with Gasteiger partial charge in [0, 0.05) is 17.3 Å². The van der Waals surface area contributed by atoms with E-state index in [9.17, 15) is 4.79 Å². The molecule has 35 heavy (non-hydrogen) atoms. The number of ether oxygens (including phenoxy) is 1. The number of hydrogen-bond acceptors (Lipinski definition) is 5. The SMILES string of the molecule is Cc1cc(C)c2nc(C)n(Cc3ccc4c(c3)cc(-c3ccccn3)n4C(=O)OC(C)(C)C)c2n1. The molecule has 0 radical (unpaired) electrons. The van der Waals surface area contributed by atoms with Crippen LogP contribution in [-0.4, -0.2) is 35.8 Å². The molecule has 7 nitrogen and oxygen atoms in total. The van der Waals surface area contributed by atoms with Gasteiger partial charge in [-0.15, -0.1) is 0 Å². The summed E-state index contributed by atoms with van der Waals surface area (Å²) < 4.78 is 9.48. The molecule has 0 N–H and O–H groups in total. The lowest BCUT2D eigenvalue weighted by Crippen LogP contribution is -2.27. The Bertz CT molecular complexity index is 1570. The number of carbonyl (C=O) groups excluding carboxylic acids is 1. The molecule has 0 aliphatic rings. The fourth-order valence-electron chi connectivity index (χ4n) is 4.45. The number of fused-ring (bicyclic) bond motifs is 2. The fraction of sp³-hybridized carbons (Fsp3) is 0.286. The highest BCUT2D eigenvalue weighted by Gasteiger charge is 2.23. The zero-order valence-electron chi connectivity index (χ0n) is 21.0. The molecule has 0 aliphatic carbocycles. The van der Waals surface area contributed by atoms with E-state index in [1.807, 2.05) is 71.0 Å². The molecule has 7 heteroatoms. The van der Waals surface area contributed by atoms with Crippen molar-refractivity contribution in [2.24, 2.45) is 0 Å². The highest BCUT2D eigenvalue weighted by atomic mass is 16.6. The van der Waals surface area contributed by atoms with Gasteiger partial charge in [0.2, 0.25) is 0 Å². The van der Waals surface area contributed by atoms with E-state index < -0.39 is 11.7 Å². The molecule has 178 valence electrons. The third-order valence-corrected chi connectivity index (χ3v) is 5.92. The number of aromatic nitrogens is 5. The van der Waals surface area contributed by atoms with Gasteiger partial charge >= 0.3 is 6.09 Å². The largest absolute Gasteiger partial charge is 0.443 e. The highest BCUT2D eigenvalue weighted by Crippen LogP contribution is 2.30. The Labute approximate surface area is 204 Å². The lowest BCUT2D eigenvalue weighted by Gasteiger charge is -2.21. The maximum atomic E-state index is 13.2. The van der Waals surface area contributed by atoms with Crippen molar-refractivity contribution >= 4 is 28.2 Å². The van der Waals surface area contributed by atoms with Crippen LogP contribution in [0.1, 0.15) is 43.4 Å². The second kappa shape index (κ2) is 8.34. The summed E-state index contributed by atoms with van der Waals surface area (Å²) in [4.78, 5) is 27.2. The van der Waals surface area contributed by atoms with E-state index in [2.05, 4.69) is 28.6 Å². The van der Waals surface area contributed by atoms with Crippen LogP contribution in [-0.2, 0) is 11.3 Å². The maximum absolute atomic E-state index is 13.2. The Morgan fingerprint density at radius 3 is 2.51 bits per heavy atom. The van der Waals surface area contributed by atoms with Crippen LogP contribution in [0.25, 0.3) is 33.5 Å². The molecule has 0 aliphatic heterocycles. The topological polar surface area (TPSA) is 74.8 Å². The number of aryl methyl sites for hydroxylation is 3. The molecule has 0 atom stereocenters. The summed E-state index contributed by atoms with van der Waals surface area (Å²) in [5.74, 6) is 0.918. The minimum atomic E-state index is -0.613. The highest BCUT2D eigenvalue weighted by molar-refractivity contribution is 5.96. The molecule has 5 aromatic rings. The lowest BCUT2D eigenvalue weighted by molar-refractivity contribution is 0.0547. The van der Waals surface area contributed by atoms with Gasteiger partial charge in [0.25, 0.3) is 0 Å². The zero-order valence-corrected chi connectivity index (χ0v) is 21.0. The summed E-state index contributed by atoms with van der Waals surface area (Å²) >= 11 is 0. The maximum Gasteiger partial charge on any atom is 0.419 e. The number of imidazole rings is 1. The third-order valence-electron chi connectivity index (χ3n) is 5.92. The van der Waals surface area contributed by atoms with Crippen LogP contribution in [0, 0.1) is 20.8 Å². The third kappa shape index (κ3) is 4.30. The van der Waals surface area contributed by atoms with Crippen LogP contribution < -0.4 is 0 Å². The van der Waals surface area contributed by atoms with E-state index in [0.29, 0.717) is 17.9 Å². The fourth-order valence-corrected chi connectivity index (χ4v) is 4.45. The van der Waals surface area contributed by atoms with Crippen LogP contribution in [0.2, 0.25) is 0 Å². The van der Waals surface area contributed by atoms with Crippen molar-refractivity contribution in [3.05, 3.63) is 77.4 Å². The normalized spacial score (nSPS) is 11.9. The molecule has 0 spiro atoms. The Kier molecular flexibility index (Phi) is 5.43. The van der Waals surface area contributed by atoms with Gasteiger partial charge in [-0.3, -0.25) is 4.98 Å². The Morgan fingerprint density at radius 1 is 1.00 bits per heavy atom. The minimum absolute atomic E-state index is 0.424. The molecule has 0 fully saturated rings. The number of rotatable bonds is 3. The molecule has 1 aromatic carbocycles. The van der Waals surface area contributed by atoms with E-state index in [1.165, 1.54) is 0 Å². The first-order chi connectivity index (χ1) is 16.6. The van der Waals surface area contributed by atoms with Gasteiger partial charge in [0.15, 0.2) is 5.65 Å². The van der Waals surface area contributed by atoms with Crippen molar-refractivity contribution in [3.63, 3.8) is 0 Å². The van der Waals surface area contributed by atoms with Gasteiger partial charge in [-0.05, 0) is 89.1 Å². The molecule has 0 saturated heterocycles. The molecule has 0 unspecified atom stereocenters. The molecule has 4 aromatic heterocycles. The van der Waals surface area contributed by atoms with Crippen molar-refractivity contribution in [2.45, 2.75) is 53.7 Å². The number of pyridine rings is 2. The van der Waals surface area contributed by atoms with Gasteiger partial charge in [-0.25, -0.2) is 19.3 Å². The summed E-state index contributed by atoms with van der Waals surface area (Å²) in [5.41, 5.74) is 6.59. The first-order valence-corrected chi connectivity index (χ1v) is 11.7. The molecule has 4 heterocycles. The van der Waals surface area contributed by atoms with Crippen LogP contribution >= 0.6 is 0 Å². The molecular weight excluding hydrogens is 438 g/mol. The summed E-state index contributed by atoms with van der Waals surface area (Å²) in [6.07, 6.45) is 1.30. The number of nitrogens with zero attached hydrogens (tertiary/aromatic N) is 5. The summed E-state index contributed by atoms with van der Waals surface area (Å²) in [6.45, 7) is 12.3. The predicted octanol–water partition coefficient (Wildman–Crippen LogP) is 6.20. The van der Waals surface area contributed by atoms with Gasteiger partial charge in [-0.1, -0.05) is 12.1 Å². The number of carbonyl (C=O) groups is 1. The lowest BCUT2D eigenvalue weighted by atomic mass is 10.1. The second-order valence-corrected chi connectivity index (χ2v) is 9.95. The molecule has 0 saturated carbocycles. The van der Waals surface area contributed by atoms with Crippen molar-refractivity contribution < 1.29 is 9.53 Å². The minimum Gasteiger partial charge on any atom is -0.443 e. The van der Waals surface area contributed by atoms with Crippen molar-refractivity contribution in [1.82, 2.24) is 24.1 Å².